The summed E-state index contributed by atoms with van der Waals surface area (Å²) in [6, 6.07) is 15.3. The van der Waals surface area contributed by atoms with Gasteiger partial charge in [0.1, 0.15) is 18.2 Å². The number of rotatable bonds is 6. The molecule has 0 atom stereocenters. The smallest absolute Gasteiger partial charge is 0.312 e. The zero-order valence-corrected chi connectivity index (χ0v) is 17.4. The molecule has 0 unspecified atom stereocenters. The van der Waals surface area contributed by atoms with Gasteiger partial charge < -0.3 is 14.8 Å². The third-order valence-corrected chi connectivity index (χ3v) is 5.07. The molecule has 4 aromatic rings. The van der Waals surface area contributed by atoms with Crippen LogP contribution in [0.15, 0.2) is 54.7 Å². The van der Waals surface area contributed by atoms with Crippen LogP contribution in [0.25, 0.3) is 33.5 Å². The van der Waals surface area contributed by atoms with Gasteiger partial charge in [-0.2, -0.15) is 5.26 Å². The summed E-state index contributed by atoms with van der Waals surface area (Å²) in [5.41, 5.74) is 2.38. The molecule has 0 radical (unpaired) electrons. The van der Waals surface area contributed by atoms with Crippen LogP contribution in [0, 0.1) is 22.6 Å². The number of aromatic nitrogens is 3. The zero-order valence-electron chi connectivity index (χ0n) is 17.4. The first-order valence-corrected chi connectivity index (χ1v) is 9.79. The second kappa shape index (κ2) is 8.12. The summed E-state index contributed by atoms with van der Waals surface area (Å²) < 4.78 is 20.4. The van der Waals surface area contributed by atoms with Crippen LogP contribution in [0.3, 0.4) is 0 Å². The largest absolute Gasteiger partial charge is 0.481 e. The van der Waals surface area contributed by atoms with Gasteiger partial charge in [-0.3, -0.25) is 4.79 Å². The molecule has 0 saturated carbocycles. The molecular weight excluding hydrogens is 411 g/mol. The molecule has 32 heavy (non-hydrogen) atoms. The maximum Gasteiger partial charge on any atom is 0.312 e. The predicted molar refractivity (Wildman–Crippen MR) is 116 cm³/mol. The summed E-state index contributed by atoms with van der Waals surface area (Å²) in [5.74, 6) is -0.744. The van der Waals surface area contributed by atoms with Crippen molar-refractivity contribution in [3.8, 4) is 34.5 Å². The van der Waals surface area contributed by atoms with Crippen LogP contribution < -0.4 is 4.74 Å². The molecule has 4 rings (SSSR count). The summed E-state index contributed by atoms with van der Waals surface area (Å²) in [4.78, 5) is 22.8. The molecule has 2 aromatic carbocycles. The maximum absolute atomic E-state index is 14.9. The Hall–Kier alpha value is -4.25. The maximum atomic E-state index is 14.9. The van der Waals surface area contributed by atoms with Crippen LogP contribution in [0.2, 0.25) is 0 Å². The summed E-state index contributed by atoms with van der Waals surface area (Å²) >= 11 is 0. The second-order valence-corrected chi connectivity index (χ2v) is 7.99. The summed E-state index contributed by atoms with van der Waals surface area (Å²) in [5, 5.41) is 18.2. The van der Waals surface area contributed by atoms with Crippen molar-refractivity contribution in [1.82, 2.24) is 15.0 Å². The Kier molecular flexibility index (Phi) is 5.33. The number of nitrogens with one attached hydrogen (secondary N) is 1. The standard InChI is InChI=1S/C24H19FN4O3/c1-24(2,23(30)31)13-32-21-8-5-16(12-27-21)15-4-6-17(18(25)10-15)22-28-19-7-3-14(11-26)9-20(19)29-22/h3-10,12H,13H2,1-2H3,(H,28,29)(H,30,31). The highest BCUT2D eigenvalue weighted by molar-refractivity contribution is 5.81. The molecule has 160 valence electrons. The van der Waals surface area contributed by atoms with Gasteiger partial charge in [0, 0.05) is 17.8 Å². The molecule has 2 N–H and O–H groups in total. The minimum absolute atomic E-state index is 0.0225. The van der Waals surface area contributed by atoms with E-state index in [2.05, 4.69) is 21.0 Å². The average Bonchev–Trinajstić information content (AvgIpc) is 3.20. The lowest BCUT2D eigenvalue weighted by Gasteiger charge is -2.19. The number of aliphatic carboxylic acids is 1. The van der Waals surface area contributed by atoms with Crippen molar-refractivity contribution >= 4 is 17.0 Å². The minimum Gasteiger partial charge on any atom is -0.481 e. The van der Waals surface area contributed by atoms with Gasteiger partial charge in [0.15, 0.2) is 0 Å². The number of hydrogen-bond donors (Lipinski definition) is 2. The molecule has 0 aliphatic rings. The Balaban J connectivity index is 1.54. The van der Waals surface area contributed by atoms with Gasteiger partial charge in [0.2, 0.25) is 5.88 Å². The molecule has 0 spiro atoms. The van der Waals surface area contributed by atoms with Crippen molar-refractivity contribution in [3.63, 3.8) is 0 Å². The number of fused-ring (bicyclic) bond motifs is 1. The van der Waals surface area contributed by atoms with Crippen molar-refractivity contribution in [2.45, 2.75) is 13.8 Å². The van der Waals surface area contributed by atoms with Gasteiger partial charge in [0.05, 0.1) is 33.6 Å². The molecule has 0 bridgehead atoms. The van der Waals surface area contributed by atoms with Gasteiger partial charge in [-0.25, -0.2) is 14.4 Å². The van der Waals surface area contributed by atoms with Gasteiger partial charge in [0.25, 0.3) is 0 Å². The number of nitriles is 1. The number of hydrogen-bond acceptors (Lipinski definition) is 5. The topological polar surface area (TPSA) is 112 Å². The minimum atomic E-state index is -1.04. The van der Waals surface area contributed by atoms with E-state index in [1.165, 1.54) is 6.07 Å². The van der Waals surface area contributed by atoms with Crippen LogP contribution in [0.1, 0.15) is 19.4 Å². The summed E-state index contributed by atoms with van der Waals surface area (Å²) in [6.07, 6.45) is 1.54. The highest BCUT2D eigenvalue weighted by Crippen LogP contribution is 2.29. The van der Waals surface area contributed by atoms with Gasteiger partial charge >= 0.3 is 5.97 Å². The van der Waals surface area contributed by atoms with E-state index in [-0.39, 0.29) is 6.61 Å². The highest BCUT2D eigenvalue weighted by atomic mass is 19.1. The molecule has 8 heteroatoms. The quantitative estimate of drug-likeness (QED) is 0.455. The average molecular weight is 430 g/mol. The normalized spacial score (nSPS) is 11.3. The van der Waals surface area contributed by atoms with Gasteiger partial charge in [-0.1, -0.05) is 6.07 Å². The molecule has 0 aliphatic carbocycles. The van der Waals surface area contributed by atoms with E-state index >= 15 is 0 Å². The van der Waals surface area contributed by atoms with Crippen molar-refractivity contribution in [1.29, 1.82) is 5.26 Å². The van der Waals surface area contributed by atoms with Gasteiger partial charge in [-0.05, 0) is 55.8 Å². The van der Waals surface area contributed by atoms with E-state index in [0.29, 0.717) is 45.0 Å². The number of aromatic amines is 1. The van der Waals surface area contributed by atoms with Crippen molar-refractivity contribution in [3.05, 3.63) is 66.1 Å². The lowest BCUT2D eigenvalue weighted by Crippen LogP contribution is -2.30. The van der Waals surface area contributed by atoms with E-state index in [9.17, 15) is 9.18 Å². The third kappa shape index (κ3) is 4.14. The highest BCUT2D eigenvalue weighted by Gasteiger charge is 2.28. The lowest BCUT2D eigenvalue weighted by atomic mass is 9.95. The molecule has 0 aliphatic heterocycles. The first-order chi connectivity index (χ1) is 15.3. The number of carboxylic acids is 1. The fraction of sp³-hybridized carbons (Fsp3) is 0.167. The van der Waals surface area contributed by atoms with E-state index in [4.69, 9.17) is 15.1 Å². The monoisotopic (exact) mass is 430 g/mol. The third-order valence-electron chi connectivity index (χ3n) is 5.07. The Bertz CT molecular complexity index is 1350. The Labute approximate surface area is 183 Å². The predicted octanol–water partition coefficient (Wildman–Crippen LogP) is 4.79. The fourth-order valence-corrected chi connectivity index (χ4v) is 3.04. The zero-order chi connectivity index (χ0) is 22.9. The number of pyridine rings is 1. The van der Waals surface area contributed by atoms with Crippen LogP contribution in [0.4, 0.5) is 4.39 Å². The number of carbonyl (C=O) groups is 1. The molecular formula is C24H19FN4O3. The van der Waals surface area contributed by atoms with E-state index < -0.39 is 17.2 Å². The first kappa shape index (κ1) is 21.0. The van der Waals surface area contributed by atoms with Crippen LogP contribution in [-0.2, 0) is 4.79 Å². The number of imidazole rings is 1. The van der Waals surface area contributed by atoms with E-state index in [0.717, 1.165) is 0 Å². The van der Waals surface area contributed by atoms with Crippen molar-refractivity contribution in [2.24, 2.45) is 5.41 Å². The second-order valence-electron chi connectivity index (χ2n) is 7.99. The van der Waals surface area contributed by atoms with Crippen LogP contribution in [-0.4, -0.2) is 32.6 Å². The molecule has 2 heterocycles. The molecule has 2 aromatic heterocycles. The van der Waals surface area contributed by atoms with Gasteiger partial charge in [-0.15, -0.1) is 0 Å². The van der Waals surface area contributed by atoms with E-state index in [1.54, 1.807) is 62.5 Å². The lowest BCUT2D eigenvalue weighted by molar-refractivity contribution is -0.148. The molecule has 0 fully saturated rings. The molecule has 7 nitrogen and oxygen atoms in total. The SMILES string of the molecule is CC(C)(COc1ccc(-c2ccc(-c3nc4cc(C#N)ccc4[nH]3)c(F)c2)cn1)C(=O)O. The Morgan fingerprint density at radius 1 is 1.19 bits per heavy atom. The molecule has 0 saturated heterocycles. The number of ether oxygens (including phenoxy) is 1. The number of nitrogens with zero attached hydrogens (tertiary/aromatic N) is 3. The molecule has 0 amide bonds. The van der Waals surface area contributed by atoms with Crippen LogP contribution >= 0.6 is 0 Å². The Morgan fingerprint density at radius 3 is 2.62 bits per heavy atom. The number of H-pyrrole nitrogens is 1. The first-order valence-electron chi connectivity index (χ1n) is 9.79. The van der Waals surface area contributed by atoms with Crippen LogP contribution in [0.5, 0.6) is 5.88 Å². The number of halogens is 1. The van der Waals surface area contributed by atoms with Crippen molar-refractivity contribution < 1.29 is 19.0 Å². The summed E-state index contributed by atoms with van der Waals surface area (Å²) in [6.45, 7) is 3.11. The summed E-state index contributed by atoms with van der Waals surface area (Å²) in [7, 11) is 0. The Morgan fingerprint density at radius 2 is 1.97 bits per heavy atom. The fourth-order valence-electron chi connectivity index (χ4n) is 3.04. The van der Waals surface area contributed by atoms with Crippen molar-refractivity contribution in [2.75, 3.05) is 6.61 Å². The number of carboxylic acid groups (broad SMARTS) is 1. The number of benzene rings is 2. The van der Waals surface area contributed by atoms with E-state index in [1.807, 2.05) is 0 Å².